The summed E-state index contributed by atoms with van der Waals surface area (Å²) < 4.78 is 13.6. The lowest BCUT2D eigenvalue weighted by Crippen LogP contribution is -2.28. The van der Waals surface area contributed by atoms with Crippen molar-refractivity contribution < 1.29 is 14.0 Å². The van der Waals surface area contributed by atoms with Gasteiger partial charge in [0.25, 0.3) is 11.8 Å². The first-order chi connectivity index (χ1) is 13.6. The Labute approximate surface area is 161 Å². The molecule has 0 aliphatic carbocycles. The van der Waals surface area contributed by atoms with E-state index >= 15 is 0 Å². The Morgan fingerprint density at radius 3 is 2.29 bits per heavy atom. The first kappa shape index (κ1) is 19.2. The summed E-state index contributed by atoms with van der Waals surface area (Å²) in [6, 6.07) is 16.5. The summed E-state index contributed by atoms with van der Waals surface area (Å²) in [4.78, 5) is 32.8. The van der Waals surface area contributed by atoms with Crippen molar-refractivity contribution in [3.63, 3.8) is 0 Å². The van der Waals surface area contributed by atoms with Crippen LogP contribution >= 0.6 is 0 Å². The van der Waals surface area contributed by atoms with Crippen molar-refractivity contribution >= 4 is 11.8 Å². The van der Waals surface area contributed by atoms with E-state index < -0.39 is 11.8 Å². The van der Waals surface area contributed by atoms with Crippen LogP contribution in [0.3, 0.4) is 0 Å². The third-order valence-corrected chi connectivity index (χ3v) is 4.01. The number of hydrogen-bond donors (Lipinski definition) is 2. The number of aromatic nitrogens is 2. The predicted molar refractivity (Wildman–Crippen MR) is 102 cm³/mol. The van der Waals surface area contributed by atoms with E-state index in [4.69, 9.17) is 0 Å². The van der Waals surface area contributed by atoms with Gasteiger partial charge in [0, 0.05) is 12.7 Å². The van der Waals surface area contributed by atoms with Gasteiger partial charge in [0.2, 0.25) is 0 Å². The minimum absolute atomic E-state index is 0.124. The monoisotopic (exact) mass is 378 g/mol. The summed E-state index contributed by atoms with van der Waals surface area (Å²) in [6.45, 7) is 0.526. The van der Waals surface area contributed by atoms with Crippen molar-refractivity contribution in [1.82, 2.24) is 20.6 Å². The zero-order valence-corrected chi connectivity index (χ0v) is 15.1. The van der Waals surface area contributed by atoms with E-state index in [0.29, 0.717) is 12.0 Å². The topological polar surface area (TPSA) is 84.0 Å². The zero-order valence-electron chi connectivity index (χ0n) is 15.1. The molecule has 2 amide bonds. The minimum Gasteiger partial charge on any atom is -0.350 e. The molecule has 0 saturated carbocycles. The van der Waals surface area contributed by atoms with Gasteiger partial charge in [-0.05, 0) is 42.3 Å². The summed E-state index contributed by atoms with van der Waals surface area (Å²) in [5.41, 5.74) is 1.51. The fourth-order valence-corrected chi connectivity index (χ4v) is 2.55. The quantitative estimate of drug-likeness (QED) is 0.662. The van der Waals surface area contributed by atoms with Crippen molar-refractivity contribution in [2.24, 2.45) is 0 Å². The maximum Gasteiger partial charge on any atom is 0.270 e. The van der Waals surface area contributed by atoms with Gasteiger partial charge in [-0.15, -0.1) is 0 Å². The standard InChI is InChI=1S/C21H19FN4O2/c22-17-8-2-1-6-15(17)11-13-24-20(27)18-9-5-10-19(26-18)21(28)25-14-16-7-3-4-12-23-16/h1-10,12H,11,13-14H2,(H,24,27)(H,25,28). The summed E-state index contributed by atoms with van der Waals surface area (Å²) >= 11 is 0. The number of carbonyl (C=O) groups is 2. The number of amides is 2. The molecule has 0 aliphatic heterocycles. The van der Waals surface area contributed by atoms with Gasteiger partial charge in [-0.25, -0.2) is 9.37 Å². The summed E-state index contributed by atoms with van der Waals surface area (Å²) in [6.07, 6.45) is 2.01. The van der Waals surface area contributed by atoms with Crippen molar-refractivity contribution in [1.29, 1.82) is 0 Å². The Balaban J connectivity index is 1.55. The lowest BCUT2D eigenvalue weighted by molar-refractivity contribution is 0.0942. The van der Waals surface area contributed by atoms with Crippen LogP contribution in [0.2, 0.25) is 0 Å². The molecule has 7 heteroatoms. The average Bonchev–Trinajstić information content (AvgIpc) is 2.74. The molecule has 0 aliphatic rings. The summed E-state index contributed by atoms with van der Waals surface area (Å²) in [5, 5.41) is 5.40. The van der Waals surface area contributed by atoms with Gasteiger partial charge in [-0.1, -0.05) is 30.3 Å². The second-order valence-corrected chi connectivity index (χ2v) is 6.01. The molecular formula is C21H19FN4O2. The number of halogens is 1. The van der Waals surface area contributed by atoms with Crippen LogP contribution in [0.4, 0.5) is 4.39 Å². The number of nitrogens with one attached hydrogen (secondary N) is 2. The second-order valence-electron chi connectivity index (χ2n) is 6.01. The minimum atomic E-state index is -0.421. The van der Waals surface area contributed by atoms with Crippen LogP contribution in [-0.2, 0) is 13.0 Å². The molecule has 0 radical (unpaired) electrons. The third-order valence-electron chi connectivity index (χ3n) is 4.01. The van der Waals surface area contributed by atoms with Gasteiger partial charge in [0.05, 0.1) is 12.2 Å². The highest BCUT2D eigenvalue weighted by Crippen LogP contribution is 2.06. The lowest BCUT2D eigenvalue weighted by Gasteiger charge is -2.08. The van der Waals surface area contributed by atoms with E-state index in [-0.39, 0.29) is 30.3 Å². The van der Waals surface area contributed by atoms with Gasteiger partial charge in [-0.3, -0.25) is 14.6 Å². The van der Waals surface area contributed by atoms with E-state index in [0.717, 1.165) is 5.69 Å². The Morgan fingerprint density at radius 1 is 0.857 bits per heavy atom. The molecule has 6 nitrogen and oxygen atoms in total. The first-order valence-electron chi connectivity index (χ1n) is 8.80. The van der Waals surface area contributed by atoms with E-state index in [1.165, 1.54) is 18.2 Å². The Kier molecular flexibility index (Phi) is 6.41. The molecule has 28 heavy (non-hydrogen) atoms. The highest BCUT2D eigenvalue weighted by molar-refractivity contribution is 5.96. The molecule has 0 spiro atoms. The highest BCUT2D eigenvalue weighted by atomic mass is 19.1. The van der Waals surface area contributed by atoms with Gasteiger partial charge in [0.15, 0.2) is 0 Å². The molecule has 2 N–H and O–H groups in total. The first-order valence-corrected chi connectivity index (χ1v) is 8.80. The molecule has 2 heterocycles. The molecule has 0 fully saturated rings. The van der Waals surface area contributed by atoms with Crippen LogP contribution in [0.25, 0.3) is 0 Å². The second kappa shape index (κ2) is 9.36. The predicted octanol–water partition coefficient (Wildman–Crippen LogP) is 2.52. The zero-order chi connectivity index (χ0) is 19.8. The maximum absolute atomic E-state index is 13.6. The SMILES string of the molecule is O=C(NCCc1ccccc1F)c1cccc(C(=O)NCc2ccccn2)n1. The van der Waals surface area contributed by atoms with Crippen LogP contribution in [0.5, 0.6) is 0 Å². The van der Waals surface area contributed by atoms with Crippen molar-refractivity contribution in [3.05, 3.63) is 95.3 Å². The van der Waals surface area contributed by atoms with Gasteiger partial charge >= 0.3 is 0 Å². The van der Waals surface area contributed by atoms with Crippen molar-refractivity contribution in [2.75, 3.05) is 6.54 Å². The molecule has 0 unspecified atom stereocenters. The largest absolute Gasteiger partial charge is 0.350 e. The van der Waals surface area contributed by atoms with Crippen LogP contribution in [0.1, 0.15) is 32.2 Å². The number of hydrogen-bond acceptors (Lipinski definition) is 4. The number of pyridine rings is 2. The normalized spacial score (nSPS) is 10.3. The van der Waals surface area contributed by atoms with Gasteiger partial charge in [-0.2, -0.15) is 0 Å². The number of carbonyl (C=O) groups excluding carboxylic acids is 2. The van der Waals surface area contributed by atoms with Crippen LogP contribution < -0.4 is 10.6 Å². The van der Waals surface area contributed by atoms with Crippen molar-refractivity contribution in [2.45, 2.75) is 13.0 Å². The van der Waals surface area contributed by atoms with Crippen LogP contribution in [0, 0.1) is 5.82 Å². The Morgan fingerprint density at radius 2 is 1.57 bits per heavy atom. The summed E-state index contributed by atoms with van der Waals surface area (Å²) in [5.74, 6) is -1.12. The maximum atomic E-state index is 13.6. The molecule has 1 aromatic carbocycles. The third kappa shape index (κ3) is 5.20. The molecule has 3 rings (SSSR count). The number of rotatable bonds is 7. The molecular weight excluding hydrogens is 359 g/mol. The molecule has 0 atom stereocenters. The van der Waals surface area contributed by atoms with E-state index in [1.54, 1.807) is 42.6 Å². The Hall–Kier alpha value is -3.61. The van der Waals surface area contributed by atoms with Crippen LogP contribution in [0.15, 0.2) is 66.9 Å². The molecule has 2 aromatic heterocycles. The summed E-state index contributed by atoms with van der Waals surface area (Å²) in [7, 11) is 0. The number of benzene rings is 1. The van der Waals surface area contributed by atoms with Gasteiger partial charge < -0.3 is 10.6 Å². The average molecular weight is 378 g/mol. The fourth-order valence-electron chi connectivity index (χ4n) is 2.55. The smallest absolute Gasteiger partial charge is 0.270 e. The van der Waals surface area contributed by atoms with Crippen molar-refractivity contribution in [3.8, 4) is 0 Å². The van der Waals surface area contributed by atoms with E-state index in [9.17, 15) is 14.0 Å². The molecule has 0 saturated heterocycles. The fraction of sp³-hybridized carbons (Fsp3) is 0.143. The lowest BCUT2D eigenvalue weighted by atomic mass is 10.1. The molecule has 142 valence electrons. The Bertz CT molecular complexity index is 963. The molecule has 3 aromatic rings. The number of nitrogens with zero attached hydrogens (tertiary/aromatic N) is 2. The van der Waals surface area contributed by atoms with E-state index in [2.05, 4.69) is 20.6 Å². The van der Waals surface area contributed by atoms with E-state index in [1.807, 2.05) is 6.07 Å². The van der Waals surface area contributed by atoms with Gasteiger partial charge in [0.1, 0.15) is 17.2 Å². The van der Waals surface area contributed by atoms with Crippen LogP contribution in [-0.4, -0.2) is 28.3 Å². The highest BCUT2D eigenvalue weighted by Gasteiger charge is 2.12. The molecule has 0 bridgehead atoms.